The summed E-state index contributed by atoms with van der Waals surface area (Å²) in [5.74, 6) is -0.294. The van der Waals surface area contributed by atoms with Crippen LogP contribution in [0.4, 0.5) is 0 Å². The van der Waals surface area contributed by atoms with Crippen LogP contribution in [0, 0.1) is 11.8 Å². The second-order valence-corrected chi connectivity index (χ2v) is 5.86. The zero-order valence-corrected chi connectivity index (χ0v) is 11.6. The minimum Gasteiger partial charge on any atom is -0.458 e. The van der Waals surface area contributed by atoms with Gasteiger partial charge in [-0.3, -0.25) is 0 Å². The van der Waals surface area contributed by atoms with Gasteiger partial charge in [0.1, 0.15) is 6.10 Å². The first-order valence-corrected chi connectivity index (χ1v) is 6.82. The molecule has 1 aliphatic carbocycles. The van der Waals surface area contributed by atoms with E-state index in [1.165, 1.54) is 0 Å². The molecule has 0 aromatic rings. The van der Waals surface area contributed by atoms with Gasteiger partial charge in [0.25, 0.3) is 0 Å². The quantitative estimate of drug-likeness (QED) is 0.460. The van der Waals surface area contributed by atoms with E-state index in [4.69, 9.17) is 9.84 Å². The molecule has 4 atom stereocenters. The zero-order chi connectivity index (χ0) is 14.2. The topological polar surface area (TPSA) is 66.8 Å². The normalized spacial score (nSPS) is 35.7. The summed E-state index contributed by atoms with van der Waals surface area (Å²) in [7, 11) is 0. The van der Waals surface area contributed by atoms with Crippen molar-refractivity contribution in [2.75, 3.05) is 6.61 Å². The van der Waals surface area contributed by atoms with E-state index in [2.05, 4.69) is 6.58 Å². The van der Waals surface area contributed by atoms with Crippen LogP contribution in [0.1, 0.15) is 33.1 Å². The lowest BCUT2D eigenvalue weighted by Gasteiger charge is -2.38. The number of aliphatic hydroxyl groups is 2. The first-order chi connectivity index (χ1) is 8.86. The van der Waals surface area contributed by atoms with Gasteiger partial charge >= 0.3 is 5.97 Å². The molecule has 1 fully saturated rings. The highest BCUT2D eigenvalue weighted by Crippen LogP contribution is 2.43. The molecule has 0 amide bonds. The van der Waals surface area contributed by atoms with E-state index >= 15 is 0 Å². The molecular weight excluding hydrogens is 244 g/mol. The third-order valence-corrected chi connectivity index (χ3v) is 4.23. The van der Waals surface area contributed by atoms with Crippen molar-refractivity contribution in [3.63, 3.8) is 0 Å². The fourth-order valence-corrected chi connectivity index (χ4v) is 3.15. The highest BCUT2D eigenvalue weighted by Gasteiger charge is 2.47. The number of fused-ring (bicyclic) bond motifs is 1. The average molecular weight is 266 g/mol. The highest BCUT2D eigenvalue weighted by molar-refractivity contribution is 5.91. The summed E-state index contributed by atoms with van der Waals surface area (Å²) in [4.78, 5) is 11.5. The lowest BCUT2D eigenvalue weighted by Crippen LogP contribution is -2.40. The summed E-state index contributed by atoms with van der Waals surface area (Å²) in [5.41, 5.74) is 0.454. The van der Waals surface area contributed by atoms with E-state index in [0.717, 1.165) is 12.0 Å². The van der Waals surface area contributed by atoms with Crippen LogP contribution in [-0.2, 0) is 9.53 Å². The van der Waals surface area contributed by atoms with E-state index < -0.39 is 5.60 Å². The summed E-state index contributed by atoms with van der Waals surface area (Å²) in [6.07, 6.45) is 3.60. The SMILES string of the molecule is C=C1C(=O)O[C@@H]2C[C@](C)(O)C([C@@H](C)CCCO)=C[C@H]12. The summed E-state index contributed by atoms with van der Waals surface area (Å²) in [6.45, 7) is 7.74. The van der Waals surface area contributed by atoms with Crippen molar-refractivity contribution < 1.29 is 19.7 Å². The minimum absolute atomic E-state index is 0.112. The third-order valence-electron chi connectivity index (χ3n) is 4.23. The molecule has 4 heteroatoms. The van der Waals surface area contributed by atoms with Gasteiger partial charge in [-0.15, -0.1) is 0 Å². The van der Waals surface area contributed by atoms with Crippen molar-refractivity contribution in [1.82, 2.24) is 0 Å². The van der Waals surface area contributed by atoms with Gasteiger partial charge in [-0.05, 0) is 31.3 Å². The van der Waals surface area contributed by atoms with Gasteiger partial charge in [0, 0.05) is 24.5 Å². The number of carbonyl (C=O) groups excluding carboxylic acids is 1. The predicted molar refractivity (Wildman–Crippen MR) is 71.3 cm³/mol. The molecule has 0 aromatic carbocycles. The largest absolute Gasteiger partial charge is 0.458 e. The Kier molecular flexibility index (Phi) is 3.83. The van der Waals surface area contributed by atoms with E-state index in [1.54, 1.807) is 6.92 Å². The maximum Gasteiger partial charge on any atom is 0.334 e. The summed E-state index contributed by atoms with van der Waals surface area (Å²) < 4.78 is 5.24. The van der Waals surface area contributed by atoms with Crippen molar-refractivity contribution in [3.8, 4) is 0 Å². The van der Waals surface area contributed by atoms with Crippen molar-refractivity contribution in [2.45, 2.75) is 44.8 Å². The fraction of sp³-hybridized carbons (Fsp3) is 0.667. The molecule has 0 aromatic heterocycles. The highest BCUT2D eigenvalue weighted by atomic mass is 16.6. The van der Waals surface area contributed by atoms with Crippen LogP contribution in [0.2, 0.25) is 0 Å². The van der Waals surface area contributed by atoms with Crippen LogP contribution in [0.25, 0.3) is 0 Å². The number of hydrogen-bond acceptors (Lipinski definition) is 4. The number of carbonyl (C=O) groups is 1. The Morgan fingerprint density at radius 2 is 2.32 bits per heavy atom. The van der Waals surface area contributed by atoms with Crippen LogP contribution in [0.5, 0.6) is 0 Å². The molecule has 0 saturated carbocycles. The van der Waals surface area contributed by atoms with Crippen LogP contribution in [-0.4, -0.2) is 34.5 Å². The molecule has 1 heterocycles. The number of rotatable bonds is 4. The molecule has 0 bridgehead atoms. The number of hydrogen-bond donors (Lipinski definition) is 2. The third kappa shape index (κ3) is 2.60. The molecule has 0 radical (unpaired) electrons. The molecule has 106 valence electrons. The molecule has 2 N–H and O–H groups in total. The van der Waals surface area contributed by atoms with Gasteiger partial charge in [0.15, 0.2) is 0 Å². The van der Waals surface area contributed by atoms with Gasteiger partial charge < -0.3 is 14.9 Å². The molecule has 0 unspecified atom stereocenters. The lowest BCUT2D eigenvalue weighted by molar-refractivity contribution is -0.141. The Morgan fingerprint density at radius 3 is 2.95 bits per heavy atom. The minimum atomic E-state index is -0.957. The van der Waals surface area contributed by atoms with E-state index in [9.17, 15) is 9.90 Å². The van der Waals surface area contributed by atoms with Crippen molar-refractivity contribution in [2.24, 2.45) is 11.8 Å². The Bertz CT molecular complexity index is 422. The van der Waals surface area contributed by atoms with Crippen molar-refractivity contribution in [3.05, 3.63) is 23.8 Å². The van der Waals surface area contributed by atoms with Gasteiger partial charge in [-0.1, -0.05) is 19.6 Å². The molecule has 1 saturated heterocycles. The van der Waals surface area contributed by atoms with Gasteiger partial charge in [0.2, 0.25) is 0 Å². The maximum absolute atomic E-state index is 11.5. The van der Waals surface area contributed by atoms with Crippen LogP contribution in [0.15, 0.2) is 23.8 Å². The second-order valence-electron chi connectivity index (χ2n) is 5.86. The summed E-state index contributed by atoms with van der Waals surface area (Å²) in [6, 6.07) is 0. The molecule has 0 spiro atoms. The standard InChI is InChI=1S/C15H22O4/c1-9(5-4-6-16)12-7-11-10(2)14(17)19-13(11)8-15(12,3)18/h7,9,11,13,16,18H,2,4-6,8H2,1,3H3/t9-,11+,13+,15-/m0/s1. The summed E-state index contributed by atoms with van der Waals surface area (Å²) in [5, 5.41) is 19.5. The molecule has 2 rings (SSSR count). The van der Waals surface area contributed by atoms with Gasteiger partial charge in [-0.25, -0.2) is 4.79 Å². The van der Waals surface area contributed by atoms with Crippen LogP contribution < -0.4 is 0 Å². The lowest BCUT2D eigenvalue weighted by atomic mass is 9.72. The second kappa shape index (κ2) is 5.10. The Labute approximate surface area is 113 Å². The van der Waals surface area contributed by atoms with Gasteiger partial charge in [0.05, 0.1) is 5.60 Å². The molecule has 2 aliphatic rings. The van der Waals surface area contributed by atoms with E-state index in [0.29, 0.717) is 18.4 Å². The zero-order valence-electron chi connectivity index (χ0n) is 11.6. The molecule has 4 nitrogen and oxygen atoms in total. The average Bonchev–Trinajstić information content (AvgIpc) is 2.59. The van der Waals surface area contributed by atoms with Gasteiger partial charge in [-0.2, -0.15) is 0 Å². The van der Waals surface area contributed by atoms with Crippen LogP contribution >= 0.6 is 0 Å². The predicted octanol–water partition coefficient (Wildman–Crippen LogP) is 1.57. The first kappa shape index (κ1) is 14.3. The van der Waals surface area contributed by atoms with E-state index in [-0.39, 0.29) is 30.5 Å². The van der Waals surface area contributed by atoms with Crippen molar-refractivity contribution >= 4 is 5.97 Å². The monoisotopic (exact) mass is 266 g/mol. The van der Waals surface area contributed by atoms with E-state index in [1.807, 2.05) is 13.0 Å². The number of aliphatic hydroxyl groups excluding tert-OH is 1. The summed E-state index contributed by atoms with van der Waals surface area (Å²) >= 11 is 0. The first-order valence-electron chi connectivity index (χ1n) is 6.82. The smallest absolute Gasteiger partial charge is 0.334 e. The Balaban J connectivity index is 2.24. The molecular formula is C15H22O4. The molecule has 19 heavy (non-hydrogen) atoms. The molecule has 1 aliphatic heterocycles. The number of esters is 1. The fourth-order valence-electron chi connectivity index (χ4n) is 3.15. The Hall–Kier alpha value is -1.13. The number of ether oxygens (including phenoxy) is 1. The van der Waals surface area contributed by atoms with Crippen LogP contribution in [0.3, 0.4) is 0 Å². The Morgan fingerprint density at radius 1 is 1.63 bits per heavy atom. The van der Waals surface area contributed by atoms with Crippen molar-refractivity contribution in [1.29, 1.82) is 0 Å². The maximum atomic E-state index is 11.5.